The first-order valence-electron chi connectivity index (χ1n) is 11.8. The van der Waals surface area contributed by atoms with Gasteiger partial charge in [0.05, 0.1) is 11.9 Å². The number of alkyl halides is 2. The lowest BCUT2D eigenvalue weighted by molar-refractivity contribution is 0.0262. The van der Waals surface area contributed by atoms with E-state index < -0.39 is 18.4 Å². The Labute approximate surface area is 203 Å². The number of benzene rings is 1. The fourth-order valence-corrected chi connectivity index (χ4v) is 5.13. The molecule has 0 saturated heterocycles. The van der Waals surface area contributed by atoms with Crippen LogP contribution in [-0.2, 0) is 11.8 Å². The maximum absolute atomic E-state index is 13.8. The molecule has 1 aliphatic rings. The molecule has 35 heavy (non-hydrogen) atoms. The number of urea groups is 1. The highest BCUT2D eigenvalue weighted by molar-refractivity contribution is 5.91. The van der Waals surface area contributed by atoms with Crippen molar-refractivity contribution in [1.82, 2.24) is 24.9 Å². The second-order valence-electron chi connectivity index (χ2n) is 9.23. The number of carbonyl (C=O) groups excluding carboxylic acids is 1. The molecule has 8 nitrogen and oxygen atoms in total. The Morgan fingerprint density at radius 2 is 2.03 bits per heavy atom. The normalized spacial score (nSPS) is 22.0. The molecule has 10 heteroatoms. The SMILES string of the molecule is COCC[C@@H]1C[C@@H](NC(=O)Nc2c(C)c(-c3cnn(C)c3)nn2-c2ccccc2)[C@H](C)[C@H]1C(F)F. The van der Waals surface area contributed by atoms with Crippen LogP contribution < -0.4 is 10.6 Å². The number of ether oxygens (including phenoxy) is 1. The van der Waals surface area contributed by atoms with E-state index in [0.29, 0.717) is 31.0 Å². The third kappa shape index (κ3) is 5.22. The maximum atomic E-state index is 13.8. The Hall–Kier alpha value is -3.27. The second kappa shape index (κ2) is 10.6. The number of aromatic nitrogens is 4. The molecule has 2 N–H and O–H groups in total. The second-order valence-corrected chi connectivity index (χ2v) is 9.23. The van der Waals surface area contributed by atoms with Crippen LogP contribution in [0.15, 0.2) is 42.7 Å². The molecule has 1 aliphatic carbocycles. The summed E-state index contributed by atoms with van der Waals surface area (Å²) in [7, 11) is 3.39. The monoisotopic (exact) mass is 486 g/mol. The van der Waals surface area contributed by atoms with Crippen LogP contribution in [0.2, 0.25) is 0 Å². The van der Waals surface area contributed by atoms with Crippen molar-refractivity contribution in [3.63, 3.8) is 0 Å². The van der Waals surface area contributed by atoms with Crippen molar-refractivity contribution in [2.24, 2.45) is 24.8 Å². The van der Waals surface area contributed by atoms with Crippen molar-refractivity contribution in [3.8, 4) is 16.9 Å². The zero-order valence-electron chi connectivity index (χ0n) is 20.4. The molecular weight excluding hydrogens is 454 g/mol. The van der Waals surface area contributed by atoms with Gasteiger partial charge in [-0.25, -0.2) is 18.3 Å². The molecule has 2 amide bonds. The van der Waals surface area contributed by atoms with E-state index >= 15 is 0 Å². The van der Waals surface area contributed by atoms with Gasteiger partial charge in [0.15, 0.2) is 0 Å². The molecule has 3 aromatic rings. The predicted octanol–water partition coefficient (Wildman–Crippen LogP) is 4.65. The lowest BCUT2D eigenvalue weighted by atomic mass is 9.88. The Bertz CT molecular complexity index is 1150. The number of anilines is 1. The molecule has 2 heterocycles. The number of para-hydroxylation sites is 1. The number of hydrogen-bond donors (Lipinski definition) is 2. The van der Waals surface area contributed by atoms with E-state index in [4.69, 9.17) is 9.84 Å². The summed E-state index contributed by atoms with van der Waals surface area (Å²) in [5.41, 5.74) is 3.09. The molecule has 0 bridgehead atoms. The van der Waals surface area contributed by atoms with E-state index in [1.165, 1.54) is 0 Å². The Morgan fingerprint density at radius 1 is 1.29 bits per heavy atom. The molecular formula is C25H32F2N6O2. The number of nitrogens with one attached hydrogen (secondary N) is 2. The van der Waals surface area contributed by atoms with Crippen molar-refractivity contribution in [2.45, 2.75) is 39.2 Å². The molecule has 0 unspecified atom stereocenters. The highest BCUT2D eigenvalue weighted by atomic mass is 19.3. The van der Waals surface area contributed by atoms with Gasteiger partial charge in [-0.3, -0.25) is 10.00 Å². The van der Waals surface area contributed by atoms with Gasteiger partial charge in [-0.05, 0) is 43.7 Å². The van der Waals surface area contributed by atoms with Crippen LogP contribution in [0.1, 0.15) is 25.3 Å². The first-order chi connectivity index (χ1) is 16.8. The number of aryl methyl sites for hydroxylation is 1. The average Bonchev–Trinajstić information content (AvgIpc) is 3.49. The Morgan fingerprint density at radius 3 is 2.66 bits per heavy atom. The van der Waals surface area contributed by atoms with Crippen molar-refractivity contribution in [3.05, 3.63) is 48.3 Å². The summed E-state index contributed by atoms with van der Waals surface area (Å²) in [5.74, 6) is -0.818. The van der Waals surface area contributed by atoms with E-state index in [2.05, 4.69) is 15.7 Å². The summed E-state index contributed by atoms with van der Waals surface area (Å²) in [5, 5.41) is 14.9. The molecule has 0 spiro atoms. The lowest BCUT2D eigenvalue weighted by Crippen LogP contribution is -2.41. The average molecular weight is 487 g/mol. The topological polar surface area (TPSA) is 86.0 Å². The van der Waals surface area contributed by atoms with Gasteiger partial charge in [0.1, 0.15) is 11.5 Å². The lowest BCUT2D eigenvalue weighted by Gasteiger charge is -2.23. The van der Waals surface area contributed by atoms with Crippen LogP contribution in [0.25, 0.3) is 16.9 Å². The quantitative estimate of drug-likeness (QED) is 0.486. The van der Waals surface area contributed by atoms with Gasteiger partial charge in [-0.2, -0.15) is 10.2 Å². The van der Waals surface area contributed by atoms with Gasteiger partial charge in [0, 0.05) is 50.0 Å². The minimum atomic E-state index is -2.44. The van der Waals surface area contributed by atoms with Crippen molar-refractivity contribution >= 4 is 11.8 Å². The summed E-state index contributed by atoms with van der Waals surface area (Å²) < 4.78 is 36.1. The molecule has 4 rings (SSSR count). The first-order valence-corrected chi connectivity index (χ1v) is 11.8. The van der Waals surface area contributed by atoms with Gasteiger partial charge in [0.2, 0.25) is 6.43 Å². The predicted molar refractivity (Wildman–Crippen MR) is 130 cm³/mol. The number of halogens is 2. The zero-order valence-corrected chi connectivity index (χ0v) is 20.4. The summed E-state index contributed by atoms with van der Waals surface area (Å²) in [6, 6.07) is 8.69. The number of hydrogen-bond acceptors (Lipinski definition) is 4. The van der Waals surface area contributed by atoms with Crippen LogP contribution in [0.3, 0.4) is 0 Å². The third-order valence-corrected chi connectivity index (χ3v) is 6.98. The molecule has 0 aliphatic heterocycles. The Kier molecular flexibility index (Phi) is 7.49. The Balaban J connectivity index is 1.57. The minimum absolute atomic E-state index is 0.205. The molecule has 2 aromatic heterocycles. The van der Waals surface area contributed by atoms with Crippen molar-refractivity contribution < 1.29 is 18.3 Å². The summed E-state index contributed by atoms with van der Waals surface area (Å²) in [6.45, 7) is 4.09. The molecule has 1 saturated carbocycles. The van der Waals surface area contributed by atoms with Crippen LogP contribution in [0.5, 0.6) is 0 Å². The van der Waals surface area contributed by atoms with Crippen molar-refractivity contribution in [2.75, 3.05) is 19.0 Å². The van der Waals surface area contributed by atoms with Crippen LogP contribution in [0, 0.1) is 24.7 Å². The van der Waals surface area contributed by atoms with Gasteiger partial charge >= 0.3 is 6.03 Å². The standard InChI is InChI=1S/C25H32F2N6O2/c1-15-20(12-17(10-11-35-4)21(15)23(26)27)29-25(34)30-24-16(2)22(18-13-28-32(3)14-18)31-33(24)19-8-6-5-7-9-19/h5-9,13-15,17,20-21,23H,10-12H2,1-4H3,(H2,29,30,34)/t15-,17+,20+,21+/m0/s1. The molecule has 4 atom stereocenters. The molecule has 188 valence electrons. The van der Waals surface area contributed by atoms with Crippen LogP contribution in [0.4, 0.5) is 19.4 Å². The number of methoxy groups -OCH3 is 1. The van der Waals surface area contributed by atoms with Crippen LogP contribution >= 0.6 is 0 Å². The summed E-state index contributed by atoms with van der Waals surface area (Å²) >= 11 is 0. The molecule has 1 fully saturated rings. The fourth-order valence-electron chi connectivity index (χ4n) is 5.13. The van der Waals surface area contributed by atoms with Gasteiger partial charge in [0.25, 0.3) is 0 Å². The molecule has 1 aromatic carbocycles. The minimum Gasteiger partial charge on any atom is -0.385 e. The van der Waals surface area contributed by atoms with Crippen molar-refractivity contribution in [1.29, 1.82) is 0 Å². The number of carbonyl (C=O) groups is 1. The largest absolute Gasteiger partial charge is 0.385 e. The van der Waals surface area contributed by atoms with Gasteiger partial charge < -0.3 is 10.1 Å². The summed E-state index contributed by atoms with van der Waals surface area (Å²) in [4.78, 5) is 13.1. The smallest absolute Gasteiger partial charge is 0.320 e. The molecule has 0 radical (unpaired) electrons. The third-order valence-electron chi connectivity index (χ3n) is 6.98. The van der Waals surface area contributed by atoms with Gasteiger partial charge in [-0.1, -0.05) is 25.1 Å². The first kappa shape index (κ1) is 24.8. The van der Waals surface area contributed by atoms with E-state index in [0.717, 1.165) is 16.8 Å². The van der Waals surface area contributed by atoms with E-state index in [9.17, 15) is 13.6 Å². The fraction of sp³-hybridized carbons (Fsp3) is 0.480. The van der Waals surface area contributed by atoms with E-state index in [1.54, 1.807) is 29.6 Å². The highest BCUT2D eigenvalue weighted by Crippen LogP contribution is 2.42. The summed E-state index contributed by atoms with van der Waals surface area (Å²) in [6.07, 6.45) is 2.18. The number of rotatable bonds is 8. The van der Waals surface area contributed by atoms with Crippen LogP contribution in [-0.4, -0.2) is 51.8 Å². The zero-order chi connectivity index (χ0) is 25.1. The highest BCUT2D eigenvalue weighted by Gasteiger charge is 2.45. The maximum Gasteiger partial charge on any atom is 0.320 e. The van der Waals surface area contributed by atoms with E-state index in [-0.39, 0.29) is 17.9 Å². The number of amides is 2. The van der Waals surface area contributed by atoms with Gasteiger partial charge in [-0.15, -0.1) is 0 Å². The van der Waals surface area contributed by atoms with E-state index in [1.807, 2.05) is 50.5 Å². The number of nitrogens with zero attached hydrogens (tertiary/aromatic N) is 4.